The number of rotatable bonds is 6. The van der Waals surface area contributed by atoms with Crippen molar-refractivity contribution in [2.24, 2.45) is 5.92 Å². The lowest BCUT2D eigenvalue weighted by Gasteiger charge is -2.16. The topological polar surface area (TPSA) is 40.5 Å². The highest BCUT2D eigenvalue weighted by Crippen LogP contribution is 2.13. The fourth-order valence-corrected chi connectivity index (χ4v) is 1.53. The van der Waals surface area contributed by atoms with Crippen LogP contribution in [0.5, 0.6) is 0 Å². The molecule has 0 amide bonds. The lowest BCUT2D eigenvalue weighted by atomic mass is 9.98. The van der Waals surface area contributed by atoms with Crippen molar-refractivity contribution in [2.75, 3.05) is 0 Å². The van der Waals surface area contributed by atoms with E-state index in [9.17, 15) is 10.2 Å². The molecular formula is C14H26O2. The summed E-state index contributed by atoms with van der Waals surface area (Å²) in [5.41, 5.74) is -0.951. The Morgan fingerprint density at radius 2 is 1.88 bits per heavy atom. The second-order valence-electron chi connectivity index (χ2n) is 5.15. The summed E-state index contributed by atoms with van der Waals surface area (Å²) < 4.78 is 0. The molecule has 0 spiro atoms. The zero-order chi connectivity index (χ0) is 12.6. The second-order valence-corrected chi connectivity index (χ2v) is 5.15. The van der Waals surface area contributed by atoms with Crippen molar-refractivity contribution in [1.29, 1.82) is 0 Å². The van der Waals surface area contributed by atoms with Gasteiger partial charge in [0.25, 0.3) is 0 Å². The van der Waals surface area contributed by atoms with Gasteiger partial charge in [-0.25, -0.2) is 0 Å². The van der Waals surface area contributed by atoms with Gasteiger partial charge in [0.2, 0.25) is 0 Å². The summed E-state index contributed by atoms with van der Waals surface area (Å²) >= 11 is 0. The molecule has 2 heteroatoms. The maximum absolute atomic E-state index is 9.94. The first-order chi connectivity index (χ1) is 7.37. The van der Waals surface area contributed by atoms with Gasteiger partial charge in [-0.3, -0.25) is 0 Å². The standard InChI is InChI=1S/C14H26O2/c1-5-6-7-9-14(4,16)10-8-13(15)11-12(2)3/h12-13,15-16H,5-7,9,11H2,1-4H3. The Labute approximate surface area is 100 Å². The molecule has 2 nitrogen and oxygen atoms in total. The largest absolute Gasteiger partial charge is 0.380 e. The molecule has 0 saturated carbocycles. The molecule has 0 radical (unpaired) electrons. The molecule has 0 aromatic rings. The van der Waals surface area contributed by atoms with Gasteiger partial charge >= 0.3 is 0 Å². The smallest absolute Gasteiger partial charge is 0.122 e. The summed E-state index contributed by atoms with van der Waals surface area (Å²) in [4.78, 5) is 0. The first-order valence-corrected chi connectivity index (χ1v) is 6.30. The first kappa shape index (κ1) is 15.5. The van der Waals surface area contributed by atoms with Crippen LogP contribution in [0.4, 0.5) is 0 Å². The molecule has 0 aliphatic heterocycles. The summed E-state index contributed by atoms with van der Waals surface area (Å²) in [6.07, 6.45) is 3.97. The average Bonchev–Trinajstić information content (AvgIpc) is 2.14. The minimum Gasteiger partial charge on any atom is -0.380 e. The molecule has 0 aliphatic carbocycles. The molecule has 0 rings (SSSR count). The van der Waals surface area contributed by atoms with Crippen LogP contribution in [0.25, 0.3) is 0 Å². The monoisotopic (exact) mass is 226 g/mol. The van der Waals surface area contributed by atoms with E-state index >= 15 is 0 Å². The van der Waals surface area contributed by atoms with Crippen molar-refractivity contribution >= 4 is 0 Å². The molecule has 0 bridgehead atoms. The molecule has 2 unspecified atom stereocenters. The van der Waals surface area contributed by atoms with E-state index in [4.69, 9.17) is 0 Å². The average molecular weight is 226 g/mol. The van der Waals surface area contributed by atoms with Crippen molar-refractivity contribution in [3.05, 3.63) is 0 Å². The highest BCUT2D eigenvalue weighted by molar-refractivity contribution is 5.14. The molecule has 0 aromatic heterocycles. The fourth-order valence-electron chi connectivity index (χ4n) is 1.53. The lowest BCUT2D eigenvalue weighted by Crippen LogP contribution is -2.22. The molecular weight excluding hydrogens is 200 g/mol. The Morgan fingerprint density at radius 3 is 2.38 bits per heavy atom. The van der Waals surface area contributed by atoms with Crippen molar-refractivity contribution in [1.82, 2.24) is 0 Å². The highest BCUT2D eigenvalue weighted by Gasteiger charge is 2.16. The van der Waals surface area contributed by atoms with Crippen LogP contribution in [0.15, 0.2) is 0 Å². The van der Waals surface area contributed by atoms with E-state index in [1.165, 1.54) is 0 Å². The normalized spacial score (nSPS) is 16.4. The van der Waals surface area contributed by atoms with Gasteiger partial charge in [-0.2, -0.15) is 0 Å². The maximum atomic E-state index is 9.94. The summed E-state index contributed by atoms with van der Waals surface area (Å²) in [6, 6.07) is 0. The summed E-state index contributed by atoms with van der Waals surface area (Å²) in [7, 11) is 0. The van der Waals surface area contributed by atoms with Crippen LogP contribution >= 0.6 is 0 Å². The number of hydrogen-bond acceptors (Lipinski definition) is 2. The molecule has 0 aliphatic rings. The lowest BCUT2D eigenvalue weighted by molar-refractivity contribution is 0.108. The number of hydrogen-bond donors (Lipinski definition) is 2. The molecule has 0 fully saturated rings. The molecule has 0 saturated heterocycles. The minimum absolute atomic E-state index is 0.425. The first-order valence-electron chi connectivity index (χ1n) is 6.30. The van der Waals surface area contributed by atoms with Crippen LogP contribution in [-0.4, -0.2) is 21.9 Å². The number of aliphatic hydroxyl groups is 2. The molecule has 0 heterocycles. The Hall–Kier alpha value is -0.520. The van der Waals surface area contributed by atoms with Gasteiger partial charge in [0.15, 0.2) is 0 Å². The van der Waals surface area contributed by atoms with Crippen molar-refractivity contribution < 1.29 is 10.2 Å². The van der Waals surface area contributed by atoms with Crippen LogP contribution in [0.3, 0.4) is 0 Å². The summed E-state index contributed by atoms with van der Waals surface area (Å²) in [5.74, 6) is 5.94. The predicted octanol–water partition coefficient (Wildman–Crippen LogP) is 2.73. The predicted molar refractivity (Wildman–Crippen MR) is 68.0 cm³/mol. The van der Waals surface area contributed by atoms with E-state index in [1.807, 2.05) is 13.8 Å². The highest BCUT2D eigenvalue weighted by atomic mass is 16.3. The van der Waals surface area contributed by atoms with E-state index in [0.29, 0.717) is 18.8 Å². The van der Waals surface area contributed by atoms with E-state index in [1.54, 1.807) is 6.92 Å². The Balaban J connectivity index is 4.07. The van der Waals surface area contributed by atoms with Gasteiger partial charge in [0.1, 0.15) is 11.7 Å². The Kier molecular flexibility index (Phi) is 7.45. The van der Waals surface area contributed by atoms with Crippen LogP contribution in [0, 0.1) is 17.8 Å². The third-order valence-corrected chi connectivity index (χ3v) is 2.47. The van der Waals surface area contributed by atoms with Gasteiger partial charge in [0.05, 0.1) is 0 Å². The van der Waals surface area contributed by atoms with E-state index in [0.717, 1.165) is 19.3 Å². The van der Waals surface area contributed by atoms with E-state index < -0.39 is 11.7 Å². The Bertz CT molecular complexity index is 233. The van der Waals surface area contributed by atoms with Crippen LogP contribution in [0.2, 0.25) is 0 Å². The zero-order valence-electron chi connectivity index (χ0n) is 11.1. The van der Waals surface area contributed by atoms with Crippen molar-refractivity contribution in [2.45, 2.75) is 71.5 Å². The van der Waals surface area contributed by atoms with Crippen LogP contribution < -0.4 is 0 Å². The molecule has 16 heavy (non-hydrogen) atoms. The van der Waals surface area contributed by atoms with Gasteiger partial charge < -0.3 is 10.2 Å². The molecule has 2 atom stereocenters. The summed E-state index contributed by atoms with van der Waals surface area (Å²) in [6.45, 7) is 7.94. The van der Waals surface area contributed by atoms with Crippen LogP contribution in [-0.2, 0) is 0 Å². The quantitative estimate of drug-likeness (QED) is 0.540. The molecule has 0 aromatic carbocycles. The number of unbranched alkanes of at least 4 members (excludes halogenated alkanes) is 2. The van der Waals surface area contributed by atoms with Gasteiger partial charge in [0, 0.05) is 0 Å². The van der Waals surface area contributed by atoms with E-state index in [2.05, 4.69) is 18.8 Å². The second kappa shape index (κ2) is 7.70. The third kappa shape index (κ3) is 8.76. The fraction of sp³-hybridized carbons (Fsp3) is 0.857. The molecule has 2 N–H and O–H groups in total. The van der Waals surface area contributed by atoms with Gasteiger partial charge in [-0.1, -0.05) is 45.5 Å². The van der Waals surface area contributed by atoms with Crippen molar-refractivity contribution in [3.63, 3.8) is 0 Å². The van der Waals surface area contributed by atoms with Crippen molar-refractivity contribution in [3.8, 4) is 11.8 Å². The van der Waals surface area contributed by atoms with Gasteiger partial charge in [-0.05, 0) is 32.1 Å². The SMILES string of the molecule is CCCCCC(C)(O)C#CC(O)CC(C)C. The zero-order valence-corrected chi connectivity index (χ0v) is 11.1. The summed E-state index contributed by atoms with van der Waals surface area (Å²) in [5, 5.41) is 19.5. The van der Waals surface area contributed by atoms with E-state index in [-0.39, 0.29) is 0 Å². The molecule has 94 valence electrons. The minimum atomic E-state index is -0.951. The third-order valence-electron chi connectivity index (χ3n) is 2.47. The van der Waals surface area contributed by atoms with Crippen LogP contribution in [0.1, 0.15) is 59.8 Å². The van der Waals surface area contributed by atoms with Gasteiger partial charge in [-0.15, -0.1) is 0 Å². The number of aliphatic hydroxyl groups excluding tert-OH is 1. The maximum Gasteiger partial charge on any atom is 0.122 e. The Morgan fingerprint density at radius 1 is 1.25 bits per heavy atom.